The van der Waals surface area contributed by atoms with Crippen LogP contribution in [-0.4, -0.2) is 25.5 Å². The van der Waals surface area contributed by atoms with E-state index in [4.69, 9.17) is 0 Å². The van der Waals surface area contributed by atoms with Crippen LogP contribution in [0.3, 0.4) is 0 Å². The maximum atomic E-state index is 3.68. The molecular formula is C12H28GeSe-. The molecular weight excluding hydrogens is 296 g/mol. The van der Waals surface area contributed by atoms with Crippen molar-refractivity contribution in [3.8, 4) is 0 Å². The van der Waals surface area contributed by atoms with Gasteiger partial charge in [0.15, 0.2) is 0 Å². The van der Waals surface area contributed by atoms with Gasteiger partial charge in [-0.2, -0.15) is 0 Å². The van der Waals surface area contributed by atoms with Gasteiger partial charge in [-0.15, -0.1) is 0 Å². The first-order valence-electron chi connectivity index (χ1n) is 6.39. The normalized spacial score (nSPS) is 12.0. The van der Waals surface area contributed by atoms with E-state index in [1.807, 2.05) is 0 Å². The molecule has 0 bridgehead atoms. The summed E-state index contributed by atoms with van der Waals surface area (Å²) in [7, 11) is 0. The Morgan fingerprint density at radius 3 is 1.29 bits per heavy atom. The number of hydrogen-bond donors (Lipinski definition) is 0. The molecule has 0 aromatic heterocycles. The molecule has 0 N–H and O–H groups in total. The molecule has 87 valence electrons. The van der Waals surface area contributed by atoms with Gasteiger partial charge in [0.2, 0.25) is 0 Å². The van der Waals surface area contributed by atoms with E-state index in [1.54, 1.807) is 15.8 Å². The first-order valence-corrected chi connectivity index (χ1v) is 16.1. The summed E-state index contributed by atoms with van der Waals surface area (Å²) in [4.78, 5) is 0. The van der Waals surface area contributed by atoms with Crippen LogP contribution in [0, 0.1) is 0 Å². The van der Waals surface area contributed by atoms with Gasteiger partial charge in [-0.1, -0.05) is 0 Å². The molecule has 0 heterocycles. The fourth-order valence-corrected chi connectivity index (χ4v) is 14.4. The monoisotopic (exact) mass is 326 g/mol. The van der Waals surface area contributed by atoms with Crippen LogP contribution in [0.1, 0.15) is 60.7 Å². The van der Waals surface area contributed by atoms with Crippen molar-refractivity contribution in [2.24, 2.45) is 0 Å². The molecule has 0 aliphatic carbocycles. The minimum absolute atomic E-state index is 0. The standard InChI is InChI=1S/C12H27GeSe.H/c1-4-7-10-13(14,11-8-5-2)12-9-6-3;/h4-12H2,1-3H3;/q;-1. The van der Waals surface area contributed by atoms with Crippen LogP contribution in [0.4, 0.5) is 0 Å². The van der Waals surface area contributed by atoms with Gasteiger partial charge in [-0.3, -0.25) is 0 Å². The Hall–Kier alpha value is 1.06. The minimum Gasteiger partial charge on any atom is -1.00 e. The molecule has 0 nitrogen and oxygen atoms in total. The molecule has 0 amide bonds. The fraction of sp³-hybridized carbons (Fsp3) is 1.00. The first kappa shape index (κ1) is 15.1. The van der Waals surface area contributed by atoms with Crippen molar-refractivity contribution >= 4 is 25.5 Å². The Morgan fingerprint density at radius 2 is 1.07 bits per heavy atom. The SMILES string of the molecule is CCC[CH2][Ge]([Se])([CH2]CCC)[CH2]CCC.[H-]. The van der Waals surface area contributed by atoms with Crippen LogP contribution in [0.15, 0.2) is 0 Å². The smallest absolute Gasteiger partial charge is 1.00 e. The summed E-state index contributed by atoms with van der Waals surface area (Å²) >= 11 is 2.23. The second-order valence-corrected chi connectivity index (χ2v) is 22.0. The van der Waals surface area contributed by atoms with E-state index >= 15 is 0 Å². The van der Waals surface area contributed by atoms with Crippen molar-refractivity contribution in [1.29, 1.82) is 0 Å². The molecule has 0 aliphatic heterocycles. The molecule has 0 saturated carbocycles. The predicted molar refractivity (Wildman–Crippen MR) is 71.8 cm³/mol. The second kappa shape index (κ2) is 9.30. The summed E-state index contributed by atoms with van der Waals surface area (Å²) in [5, 5.41) is 4.74. The van der Waals surface area contributed by atoms with Crippen LogP contribution in [0.2, 0.25) is 15.8 Å². The van der Waals surface area contributed by atoms with E-state index in [2.05, 4.69) is 34.9 Å². The maximum Gasteiger partial charge on any atom is -1.00 e. The second-order valence-electron chi connectivity index (χ2n) is 4.49. The topological polar surface area (TPSA) is 0 Å². The number of unbranched alkanes of at least 4 members (excludes halogenated alkanes) is 3. The van der Waals surface area contributed by atoms with Gasteiger partial charge in [0, 0.05) is 0 Å². The van der Waals surface area contributed by atoms with Crippen molar-refractivity contribution in [2.45, 2.75) is 75.1 Å². The summed E-state index contributed by atoms with van der Waals surface area (Å²) < 4.78 is 0. The largest absolute Gasteiger partial charge is 1.00 e. The molecule has 0 spiro atoms. The Morgan fingerprint density at radius 1 is 0.786 bits per heavy atom. The summed E-state index contributed by atoms with van der Waals surface area (Å²) in [6.07, 6.45) is 8.56. The zero-order valence-corrected chi connectivity index (χ0v) is 14.1. The average molecular weight is 324 g/mol. The van der Waals surface area contributed by atoms with E-state index in [-0.39, 0.29) is 1.43 Å². The van der Waals surface area contributed by atoms with E-state index in [0.29, 0.717) is 0 Å². The number of rotatable bonds is 9. The molecule has 0 rings (SSSR count). The van der Waals surface area contributed by atoms with E-state index < -0.39 is 11.4 Å². The number of hydrogen-bond acceptors (Lipinski definition) is 0. The van der Waals surface area contributed by atoms with Crippen molar-refractivity contribution in [1.82, 2.24) is 0 Å². The van der Waals surface area contributed by atoms with Gasteiger partial charge in [0.05, 0.1) is 0 Å². The van der Waals surface area contributed by atoms with Crippen LogP contribution in [0.5, 0.6) is 0 Å². The molecule has 1 radical (unpaired) electrons. The van der Waals surface area contributed by atoms with Crippen LogP contribution < -0.4 is 0 Å². The molecule has 0 saturated heterocycles. The molecule has 0 aliphatic rings. The zero-order valence-electron chi connectivity index (χ0n) is 11.3. The van der Waals surface area contributed by atoms with Gasteiger partial charge >= 0.3 is 101 Å². The molecule has 0 unspecified atom stereocenters. The van der Waals surface area contributed by atoms with Gasteiger partial charge in [-0.25, -0.2) is 0 Å². The van der Waals surface area contributed by atoms with Crippen molar-refractivity contribution in [2.75, 3.05) is 0 Å². The Bertz CT molecular complexity index is 109. The molecule has 0 aromatic carbocycles. The van der Waals surface area contributed by atoms with Gasteiger partial charge < -0.3 is 1.43 Å². The molecule has 0 atom stereocenters. The Balaban J connectivity index is 0. The average Bonchev–Trinajstić information content (AvgIpc) is 2.21. The minimum atomic E-state index is -1.45. The third kappa shape index (κ3) is 7.37. The Labute approximate surface area is 102 Å². The van der Waals surface area contributed by atoms with Crippen molar-refractivity contribution in [3.63, 3.8) is 0 Å². The summed E-state index contributed by atoms with van der Waals surface area (Å²) in [6.45, 7) is 6.97. The van der Waals surface area contributed by atoms with Crippen molar-refractivity contribution in [3.05, 3.63) is 0 Å². The summed E-state index contributed by atoms with van der Waals surface area (Å²) in [5.74, 6) is 0. The third-order valence-corrected chi connectivity index (χ3v) is 17.6. The molecule has 14 heavy (non-hydrogen) atoms. The van der Waals surface area contributed by atoms with Gasteiger partial charge in [0.25, 0.3) is 0 Å². The molecule has 2 heteroatoms. The van der Waals surface area contributed by atoms with E-state index in [1.165, 1.54) is 38.5 Å². The quantitative estimate of drug-likeness (QED) is 0.543. The maximum absolute atomic E-state index is 3.68. The third-order valence-electron chi connectivity index (χ3n) is 2.96. The first-order chi connectivity index (χ1) is 6.68. The van der Waals surface area contributed by atoms with Crippen molar-refractivity contribution < 1.29 is 1.43 Å². The van der Waals surface area contributed by atoms with Gasteiger partial charge in [-0.05, 0) is 0 Å². The zero-order chi connectivity index (χ0) is 10.9. The summed E-state index contributed by atoms with van der Waals surface area (Å²) in [5.41, 5.74) is 0. The summed E-state index contributed by atoms with van der Waals surface area (Å²) in [6, 6.07) is 0. The predicted octanol–water partition coefficient (Wildman–Crippen LogP) is 4.61. The fourth-order valence-electron chi connectivity index (χ4n) is 1.87. The van der Waals surface area contributed by atoms with E-state index in [0.717, 1.165) is 0 Å². The van der Waals surface area contributed by atoms with Gasteiger partial charge in [0.1, 0.15) is 0 Å². The Kier molecular flexibility index (Phi) is 10.0. The molecule has 0 aromatic rings. The van der Waals surface area contributed by atoms with E-state index in [9.17, 15) is 0 Å². The van der Waals surface area contributed by atoms with Crippen LogP contribution in [-0.2, 0) is 0 Å². The van der Waals surface area contributed by atoms with Crippen LogP contribution in [0.25, 0.3) is 0 Å². The van der Waals surface area contributed by atoms with Crippen LogP contribution >= 0.6 is 0 Å². The molecule has 0 fully saturated rings.